The Bertz CT molecular complexity index is 924. The minimum atomic E-state index is -0.212. The maximum absolute atomic E-state index is 15.1. The van der Waals surface area contributed by atoms with Crippen molar-refractivity contribution in [3.8, 4) is 0 Å². The Morgan fingerprint density at radius 1 is 1.10 bits per heavy atom. The average molecular weight is 423 g/mol. The summed E-state index contributed by atoms with van der Waals surface area (Å²) < 4.78 is 15.1. The Hall–Kier alpha value is -2.26. The van der Waals surface area contributed by atoms with Gasteiger partial charge in [-0.25, -0.2) is 4.39 Å². The van der Waals surface area contributed by atoms with Crippen LogP contribution in [-0.2, 0) is 12.8 Å². The number of unbranched alkanes of at least 4 members (excludes halogenated alkanes) is 1. The van der Waals surface area contributed by atoms with Crippen LogP contribution in [0.1, 0.15) is 70.6 Å². The topological polar surface area (TPSA) is 16.1 Å². The fraction of sp³-hybridized carbons (Fsp3) is 0.464. The molecule has 2 aromatic rings. The molecule has 0 aliphatic rings. The van der Waals surface area contributed by atoms with Crippen molar-refractivity contribution in [1.82, 2.24) is 9.88 Å². The van der Waals surface area contributed by atoms with Gasteiger partial charge in [-0.2, -0.15) is 0 Å². The van der Waals surface area contributed by atoms with Gasteiger partial charge in [0.2, 0.25) is 0 Å². The number of nitrogens with zero attached hydrogens (tertiary/aromatic N) is 2. The third-order valence-corrected chi connectivity index (χ3v) is 5.76. The van der Waals surface area contributed by atoms with Gasteiger partial charge in [0.1, 0.15) is 5.83 Å². The molecule has 2 rings (SSSR count). The molecule has 0 bridgehead atoms. The van der Waals surface area contributed by atoms with E-state index in [9.17, 15) is 0 Å². The second-order valence-electron chi connectivity index (χ2n) is 8.17. The number of allylic oxidation sites excluding steroid dienone is 5. The molecule has 0 aliphatic carbocycles. The van der Waals surface area contributed by atoms with Crippen LogP contribution >= 0.6 is 0 Å². The van der Waals surface area contributed by atoms with Crippen molar-refractivity contribution in [2.24, 2.45) is 0 Å². The molecular weight excluding hydrogens is 383 g/mol. The highest BCUT2D eigenvalue weighted by Crippen LogP contribution is 2.29. The largest absolute Gasteiger partial charge is 0.304 e. The number of rotatable bonds is 12. The van der Waals surface area contributed by atoms with E-state index in [2.05, 4.69) is 42.8 Å². The first-order valence-electron chi connectivity index (χ1n) is 11.8. The van der Waals surface area contributed by atoms with Crippen molar-refractivity contribution in [2.75, 3.05) is 19.6 Å². The third kappa shape index (κ3) is 7.43. The Balaban J connectivity index is 2.24. The number of benzene rings is 1. The summed E-state index contributed by atoms with van der Waals surface area (Å²) in [7, 11) is 0. The lowest BCUT2D eigenvalue weighted by atomic mass is 9.95. The van der Waals surface area contributed by atoms with Gasteiger partial charge in [-0.15, -0.1) is 0 Å². The molecule has 1 aromatic carbocycles. The van der Waals surface area contributed by atoms with E-state index in [4.69, 9.17) is 0 Å². The lowest BCUT2D eigenvalue weighted by Crippen LogP contribution is -2.25. The van der Waals surface area contributed by atoms with Gasteiger partial charge in [0.25, 0.3) is 0 Å². The molecule has 168 valence electrons. The normalized spacial score (nSPS) is 13.1. The minimum Gasteiger partial charge on any atom is -0.304 e. The van der Waals surface area contributed by atoms with Gasteiger partial charge in [-0.3, -0.25) is 4.98 Å². The second kappa shape index (κ2) is 13.2. The predicted molar refractivity (Wildman–Crippen MR) is 134 cm³/mol. The van der Waals surface area contributed by atoms with E-state index in [1.807, 2.05) is 32.1 Å². The van der Waals surface area contributed by atoms with Crippen LogP contribution in [0.2, 0.25) is 0 Å². The molecular formula is C28H39FN2. The fourth-order valence-electron chi connectivity index (χ4n) is 4.02. The summed E-state index contributed by atoms with van der Waals surface area (Å²) in [6, 6.07) is 6.11. The van der Waals surface area contributed by atoms with Crippen molar-refractivity contribution >= 4 is 16.7 Å². The molecule has 0 aliphatic heterocycles. The van der Waals surface area contributed by atoms with E-state index in [1.54, 1.807) is 18.3 Å². The molecule has 1 aromatic heterocycles. The quantitative estimate of drug-likeness (QED) is 0.257. The van der Waals surface area contributed by atoms with Gasteiger partial charge in [0, 0.05) is 17.1 Å². The zero-order chi connectivity index (χ0) is 22.6. The van der Waals surface area contributed by atoms with Crippen molar-refractivity contribution in [3.05, 3.63) is 71.0 Å². The molecule has 0 unspecified atom stereocenters. The third-order valence-electron chi connectivity index (χ3n) is 5.76. The molecule has 2 nitrogen and oxygen atoms in total. The highest BCUT2D eigenvalue weighted by molar-refractivity contribution is 5.91. The predicted octanol–water partition coefficient (Wildman–Crippen LogP) is 7.68. The Labute approximate surface area is 188 Å². The molecule has 0 spiro atoms. The summed E-state index contributed by atoms with van der Waals surface area (Å²) in [5.41, 5.74) is 5.04. The van der Waals surface area contributed by atoms with E-state index in [-0.39, 0.29) is 5.83 Å². The smallest absolute Gasteiger partial charge is 0.131 e. The van der Waals surface area contributed by atoms with Crippen molar-refractivity contribution < 1.29 is 4.39 Å². The lowest BCUT2D eigenvalue weighted by molar-refractivity contribution is 0.282. The first-order chi connectivity index (χ1) is 15.0. The van der Waals surface area contributed by atoms with Crippen LogP contribution in [0.4, 0.5) is 4.39 Å². The molecule has 1 heterocycles. The SMILES string of the molecule is C/C=C/C=C(C)\C=C(\F)c1ccnc2cc(CCCCN(CC)CCC)c(CC)cc12. The van der Waals surface area contributed by atoms with Crippen LogP contribution in [0.15, 0.2) is 54.3 Å². The fourth-order valence-corrected chi connectivity index (χ4v) is 4.02. The zero-order valence-corrected chi connectivity index (χ0v) is 20.0. The zero-order valence-electron chi connectivity index (χ0n) is 20.0. The average Bonchev–Trinajstić information content (AvgIpc) is 2.78. The standard InChI is InChI=1S/C28H39FN2/c1-6-10-13-22(5)19-27(29)25-15-16-30-28-21-24(23(8-3)20-26(25)28)14-11-12-18-31(9-4)17-7-2/h6,10,13,15-16,19-21H,7-9,11-12,14,17-18H2,1-5H3/b10-6+,22-13-,27-19+. The summed E-state index contributed by atoms with van der Waals surface area (Å²) in [5.74, 6) is -0.212. The number of pyridine rings is 1. The molecule has 0 saturated carbocycles. The van der Waals surface area contributed by atoms with E-state index in [1.165, 1.54) is 36.9 Å². The Morgan fingerprint density at radius 2 is 1.90 bits per heavy atom. The van der Waals surface area contributed by atoms with E-state index >= 15 is 4.39 Å². The lowest BCUT2D eigenvalue weighted by Gasteiger charge is -2.19. The van der Waals surface area contributed by atoms with Gasteiger partial charge in [-0.05, 0) is 107 Å². The summed E-state index contributed by atoms with van der Waals surface area (Å²) in [5, 5.41) is 0.899. The number of fused-ring (bicyclic) bond motifs is 1. The maximum atomic E-state index is 15.1. The first kappa shape index (κ1) is 25.0. The molecule has 0 radical (unpaired) electrons. The van der Waals surface area contributed by atoms with Crippen molar-refractivity contribution in [3.63, 3.8) is 0 Å². The van der Waals surface area contributed by atoms with Crippen LogP contribution in [0.3, 0.4) is 0 Å². The maximum Gasteiger partial charge on any atom is 0.131 e. The van der Waals surface area contributed by atoms with Gasteiger partial charge in [0.15, 0.2) is 0 Å². The van der Waals surface area contributed by atoms with Crippen LogP contribution in [0.5, 0.6) is 0 Å². The van der Waals surface area contributed by atoms with Gasteiger partial charge < -0.3 is 4.90 Å². The molecule has 0 atom stereocenters. The Kier molecular flexibility index (Phi) is 10.7. The minimum absolute atomic E-state index is 0.212. The summed E-state index contributed by atoms with van der Waals surface area (Å²) in [6.45, 7) is 14.0. The summed E-state index contributed by atoms with van der Waals surface area (Å²) >= 11 is 0. The summed E-state index contributed by atoms with van der Waals surface area (Å²) in [4.78, 5) is 7.08. The van der Waals surface area contributed by atoms with Crippen molar-refractivity contribution in [1.29, 1.82) is 0 Å². The molecule has 3 heteroatoms. The van der Waals surface area contributed by atoms with E-state index in [0.29, 0.717) is 5.56 Å². The van der Waals surface area contributed by atoms with Crippen LogP contribution in [-0.4, -0.2) is 29.5 Å². The highest BCUT2D eigenvalue weighted by atomic mass is 19.1. The molecule has 0 amide bonds. The van der Waals surface area contributed by atoms with E-state index in [0.717, 1.165) is 42.4 Å². The molecule has 0 saturated heterocycles. The van der Waals surface area contributed by atoms with Crippen LogP contribution in [0, 0.1) is 0 Å². The molecule has 0 N–H and O–H groups in total. The number of hydrogen-bond donors (Lipinski definition) is 0. The van der Waals surface area contributed by atoms with Crippen LogP contribution < -0.4 is 0 Å². The number of aromatic nitrogens is 1. The van der Waals surface area contributed by atoms with Gasteiger partial charge in [-0.1, -0.05) is 39.0 Å². The summed E-state index contributed by atoms with van der Waals surface area (Å²) in [6.07, 6.45) is 14.7. The molecule has 31 heavy (non-hydrogen) atoms. The van der Waals surface area contributed by atoms with Gasteiger partial charge >= 0.3 is 0 Å². The van der Waals surface area contributed by atoms with Crippen molar-refractivity contribution in [2.45, 2.75) is 66.7 Å². The first-order valence-corrected chi connectivity index (χ1v) is 11.8. The second-order valence-corrected chi connectivity index (χ2v) is 8.17. The van der Waals surface area contributed by atoms with E-state index < -0.39 is 0 Å². The van der Waals surface area contributed by atoms with Crippen LogP contribution in [0.25, 0.3) is 16.7 Å². The Morgan fingerprint density at radius 3 is 2.58 bits per heavy atom. The number of hydrogen-bond acceptors (Lipinski definition) is 2. The highest BCUT2D eigenvalue weighted by Gasteiger charge is 2.11. The van der Waals surface area contributed by atoms with Gasteiger partial charge in [0.05, 0.1) is 5.52 Å². The number of halogens is 1. The monoisotopic (exact) mass is 422 g/mol. The molecule has 0 fully saturated rings. The number of aryl methyl sites for hydroxylation is 2.